The van der Waals surface area contributed by atoms with Gasteiger partial charge in [-0.05, 0) is 0 Å². The summed E-state index contributed by atoms with van der Waals surface area (Å²) in [6.45, 7) is 6.77. The SMILES string of the molecule is C[B]C(CCCC)CCCCC. The molecule has 1 unspecified atom stereocenters. The van der Waals surface area contributed by atoms with E-state index < -0.39 is 0 Å². The Kier molecular flexibility index (Phi) is 9.20. The number of rotatable bonds is 8. The summed E-state index contributed by atoms with van der Waals surface area (Å²) < 4.78 is 0. The fraction of sp³-hybridized carbons (Fsp3) is 1.00. The van der Waals surface area contributed by atoms with Crippen LogP contribution in [0.2, 0.25) is 12.6 Å². The van der Waals surface area contributed by atoms with Crippen LogP contribution in [0.25, 0.3) is 0 Å². The van der Waals surface area contributed by atoms with E-state index in [1.165, 1.54) is 44.9 Å². The van der Waals surface area contributed by atoms with E-state index in [9.17, 15) is 0 Å². The van der Waals surface area contributed by atoms with Gasteiger partial charge in [0.15, 0.2) is 0 Å². The molecular weight excluding hydrogens is 143 g/mol. The van der Waals surface area contributed by atoms with Gasteiger partial charge in [0.05, 0.1) is 0 Å². The van der Waals surface area contributed by atoms with E-state index in [4.69, 9.17) is 0 Å². The Morgan fingerprint density at radius 3 is 2.00 bits per heavy atom. The summed E-state index contributed by atoms with van der Waals surface area (Å²) in [7, 11) is 2.39. The lowest BCUT2D eigenvalue weighted by molar-refractivity contribution is 0.581. The highest BCUT2D eigenvalue weighted by atomic mass is 14.0. The molecule has 0 N–H and O–H groups in total. The van der Waals surface area contributed by atoms with E-state index in [2.05, 4.69) is 28.0 Å². The second kappa shape index (κ2) is 9.16. The fourth-order valence-electron chi connectivity index (χ4n) is 1.60. The largest absolute Gasteiger partial charge is 0.110 e. The molecular formula is C11H24B. The van der Waals surface area contributed by atoms with Crippen LogP contribution in [0.3, 0.4) is 0 Å². The van der Waals surface area contributed by atoms with Gasteiger partial charge in [0.25, 0.3) is 0 Å². The summed E-state index contributed by atoms with van der Waals surface area (Å²) in [5.41, 5.74) is 0. The van der Waals surface area contributed by atoms with E-state index >= 15 is 0 Å². The summed E-state index contributed by atoms with van der Waals surface area (Å²) in [6.07, 6.45) is 9.77. The lowest BCUT2D eigenvalue weighted by Crippen LogP contribution is -1.99. The highest BCUT2D eigenvalue weighted by Crippen LogP contribution is 2.21. The second-order valence-corrected chi connectivity index (χ2v) is 3.73. The van der Waals surface area contributed by atoms with Gasteiger partial charge in [-0.3, -0.25) is 0 Å². The minimum Gasteiger partial charge on any atom is -0.0917 e. The monoisotopic (exact) mass is 167 g/mol. The highest BCUT2D eigenvalue weighted by Gasteiger charge is 2.05. The van der Waals surface area contributed by atoms with E-state index in [1.807, 2.05) is 0 Å². The van der Waals surface area contributed by atoms with Crippen LogP contribution in [0.15, 0.2) is 0 Å². The van der Waals surface area contributed by atoms with Gasteiger partial charge in [0.2, 0.25) is 0 Å². The molecule has 0 aromatic rings. The van der Waals surface area contributed by atoms with Crippen molar-refractivity contribution in [1.29, 1.82) is 0 Å². The van der Waals surface area contributed by atoms with Crippen molar-refractivity contribution in [2.45, 2.75) is 71.4 Å². The first-order chi connectivity index (χ1) is 5.85. The van der Waals surface area contributed by atoms with Crippen LogP contribution in [0, 0.1) is 0 Å². The lowest BCUT2D eigenvalue weighted by atomic mass is 9.63. The molecule has 0 fully saturated rings. The lowest BCUT2D eigenvalue weighted by Gasteiger charge is -2.12. The predicted molar refractivity (Wildman–Crippen MR) is 59.0 cm³/mol. The van der Waals surface area contributed by atoms with Gasteiger partial charge in [-0.15, -0.1) is 0 Å². The van der Waals surface area contributed by atoms with Crippen molar-refractivity contribution < 1.29 is 0 Å². The van der Waals surface area contributed by atoms with Gasteiger partial charge >= 0.3 is 0 Å². The maximum Gasteiger partial charge on any atom is 0.110 e. The predicted octanol–water partition coefficient (Wildman–Crippen LogP) is 4.30. The molecule has 0 bridgehead atoms. The molecule has 0 aliphatic heterocycles. The van der Waals surface area contributed by atoms with E-state index in [0.29, 0.717) is 0 Å². The van der Waals surface area contributed by atoms with Crippen molar-refractivity contribution >= 4 is 7.28 Å². The quantitative estimate of drug-likeness (QED) is 0.373. The first-order valence-electron chi connectivity index (χ1n) is 5.64. The molecule has 1 atom stereocenters. The average Bonchev–Trinajstić information content (AvgIpc) is 2.11. The summed E-state index contributed by atoms with van der Waals surface area (Å²) in [5.74, 6) is 0.900. The molecule has 71 valence electrons. The van der Waals surface area contributed by atoms with Crippen molar-refractivity contribution in [1.82, 2.24) is 0 Å². The smallest absolute Gasteiger partial charge is 0.0917 e. The summed E-state index contributed by atoms with van der Waals surface area (Å²) >= 11 is 0. The molecule has 0 amide bonds. The Labute approximate surface area is 79.4 Å². The van der Waals surface area contributed by atoms with E-state index in [0.717, 1.165) is 5.82 Å². The van der Waals surface area contributed by atoms with Crippen LogP contribution in [-0.2, 0) is 0 Å². The molecule has 12 heavy (non-hydrogen) atoms. The molecule has 0 rings (SSSR count). The number of hydrogen-bond donors (Lipinski definition) is 0. The Hall–Kier alpha value is 0.0649. The first-order valence-corrected chi connectivity index (χ1v) is 5.64. The normalized spacial score (nSPS) is 12.9. The van der Waals surface area contributed by atoms with Gasteiger partial charge in [-0.1, -0.05) is 71.4 Å². The maximum absolute atomic E-state index is 2.39. The Balaban J connectivity index is 3.26. The zero-order valence-corrected chi connectivity index (χ0v) is 9.10. The van der Waals surface area contributed by atoms with E-state index in [1.54, 1.807) is 0 Å². The molecule has 0 aromatic heterocycles. The molecule has 0 aliphatic rings. The van der Waals surface area contributed by atoms with Crippen molar-refractivity contribution in [3.63, 3.8) is 0 Å². The number of hydrogen-bond acceptors (Lipinski definition) is 0. The average molecular weight is 167 g/mol. The molecule has 1 heteroatoms. The third kappa shape index (κ3) is 6.76. The van der Waals surface area contributed by atoms with Gasteiger partial charge in [-0.2, -0.15) is 0 Å². The van der Waals surface area contributed by atoms with Crippen molar-refractivity contribution in [2.75, 3.05) is 0 Å². The van der Waals surface area contributed by atoms with Crippen molar-refractivity contribution in [2.24, 2.45) is 0 Å². The highest BCUT2D eigenvalue weighted by molar-refractivity contribution is 6.35. The number of unbranched alkanes of at least 4 members (excludes halogenated alkanes) is 3. The topological polar surface area (TPSA) is 0 Å². The summed E-state index contributed by atoms with van der Waals surface area (Å²) in [6, 6.07) is 0. The summed E-state index contributed by atoms with van der Waals surface area (Å²) in [4.78, 5) is 0. The Morgan fingerprint density at radius 1 is 0.917 bits per heavy atom. The van der Waals surface area contributed by atoms with Crippen LogP contribution in [-0.4, -0.2) is 7.28 Å². The van der Waals surface area contributed by atoms with Gasteiger partial charge in [0, 0.05) is 0 Å². The second-order valence-electron chi connectivity index (χ2n) is 3.73. The van der Waals surface area contributed by atoms with Gasteiger partial charge in [0.1, 0.15) is 7.28 Å². The molecule has 0 nitrogen and oxygen atoms in total. The first kappa shape index (κ1) is 12.1. The summed E-state index contributed by atoms with van der Waals surface area (Å²) in [5, 5.41) is 0. The van der Waals surface area contributed by atoms with Crippen LogP contribution < -0.4 is 0 Å². The minimum absolute atomic E-state index is 0.900. The maximum atomic E-state index is 2.39. The Bertz CT molecular complexity index is 81.1. The molecule has 0 aromatic carbocycles. The molecule has 0 saturated carbocycles. The van der Waals surface area contributed by atoms with Crippen LogP contribution in [0.1, 0.15) is 58.8 Å². The molecule has 0 heterocycles. The van der Waals surface area contributed by atoms with Gasteiger partial charge < -0.3 is 0 Å². The zero-order valence-electron chi connectivity index (χ0n) is 9.10. The van der Waals surface area contributed by atoms with Crippen LogP contribution >= 0.6 is 0 Å². The molecule has 0 aliphatic carbocycles. The van der Waals surface area contributed by atoms with Crippen LogP contribution in [0.4, 0.5) is 0 Å². The van der Waals surface area contributed by atoms with Crippen molar-refractivity contribution in [3.8, 4) is 0 Å². The fourth-order valence-corrected chi connectivity index (χ4v) is 1.60. The standard InChI is InChI=1S/C11H24B/c1-4-6-8-10-11(12-3)9-7-5-2/h11H,4-10H2,1-3H3. The Morgan fingerprint density at radius 2 is 1.50 bits per heavy atom. The van der Waals surface area contributed by atoms with Gasteiger partial charge in [-0.25, -0.2) is 0 Å². The third-order valence-electron chi connectivity index (χ3n) is 2.58. The van der Waals surface area contributed by atoms with Crippen molar-refractivity contribution in [3.05, 3.63) is 0 Å². The molecule has 0 saturated heterocycles. The molecule has 1 radical (unpaired) electrons. The zero-order chi connectivity index (χ0) is 9.23. The minimum atomic E-state index is 0.900. The van der Waals surface area contributed by atoms with E-state index in [-0.39, 0.29) is 0 Å². The van der Waals surface area contributed by atoms with Crippen LogP contribution in [0.5, 0.6) is 0 Å². The molecule has 0 spiro atoms. The third-order valence-corrected chi connectivity index (χ3v) is 2.58.